The lowest BCUT2D eigenvalue weighted by Gasteiger charge is -2.20. The quantitative estimate of drug-likeness (QED) is 0.818. The van der Waals surface area contributed by atoms with Crippen LogP contribution in [0.2, 0.25) is 0 Å². The van der Waals surface area contributed by atoms with Crippen LogP contribution >= 0.6 is 0 Å². The van der Waals surface area contributed by atoms with E-state index in [0.717, 1.165) is 35.0 Å². The van der Waals surface area contributed by atoms with Crippen molar-refractivity contribution >= 4 is 10.9 Å². The van der Waals surface area contributed by atoms with Gasteiger partial charge in [0, 0.05) is 17.6 Å². The molecule has 3 heteroatoms. The number of hydrogen-bond acceptors (Lipinski definition) is 2. The molecule has 0 spiro atoms. The van der Waals surface area contributed by atoms with Gasteiger partial charge in [-0.1, -0.05) is 0 Å². The molecule has 2 nitrogen and oxygen atoms in total. The molecule has 3 rings (SSSR count). The average molecular weight is 230 g/mol. The molecule has 2 aromatic rings. The zero-order valence-electron chi connectivity index (χ0n) is 9.67. The molecule has 0 unspecified atom stereocenters. The van der Waals surface area contributed by atoms with Gasteiger partial charge in [-0.05, 0) is 55.0 Å². The predicted molar refractivity (Wildman–Crippen MR) is 66.2 cm³/mol. The van der Waals surface area contributed by atoms with Crippen molar-refractivity contribution in [3.05, 3.63) is 40.8 Å². The molecule has 0 aliphatic heterocycles. The van der Waals surface area contributed by atoms with Crippen LogP contribution in [0.25, 0.3) is 10.9 Å². The van der Waals surface area contributed by atoms with Gasteiger partial charge < -0.3 is 5.73 Å². The standard InChI is InChI=1S/C14H15FN2/c15-9-5-6-14-11(7-9)12(8-16)10-3-1-2-4-13(10)17-14/h5-7H,1-4,8,16H2. The highest BCUT2D eigenvalue weighted by atomic mass is 19.1. The molecule has 0 bridgehead atoms. The van der Waals surface area contributed by atoms with E-state index in [-0.39, 0.29) is 5.82 Å². The summed E-state index contributed by atoms with van der Waals surface area (Å²) in [7, 11) is 0. The summed E-state index contributed by atoms with van der Waals surface area (Å²) < 4.78 is 13.3. The van der Waals surface area contributed by atoms with Crippen LogP contribution in [0.3, 0.4) is 0 Å². The smallest absolute Gasteiger partial charge is 0.123 e. The summed E-state index contributed by atoms with van der Waals surface area (Å²) in [5.41, 5.74) is 10.2. The molecule has 2 N–H and O–H groups in total. The first-order valence-corrected chi connectivity index (χ1v) is 6.09. The van der Waals surface area contributed by atoms with E-state index >= 15 is 0 Å². The third-order valence-corrected chi connectivity index (χ3v) is 3.55. The number of pyridine rings is 1. The minimum Gasteiger partial charge on any atom is -0.326 e. The lowest BCUT2D eigenvalue weighted by atomic mass is 9.90. The summed E-state index contributed by atoms with van der Waals surface area (Å²) in [5.74, 6) is -0.218. The maximum atomic E-state index is 13.3. The number of fused-ring (bicyclic) bond motifs is 2. The second-order valence-corrected chi connectivity index (χ2v) is 4.59. The van der Waals surface area contributed by atoms with E-state index in [9.17, 15) is 4.39 Å². The van der Waals surface area contributed by atoms with E-state index in [1.54, 1.807) is 12.1 Å². The third kappa shape index (κ3) is 1.71. The van der Waals surface area contributed by atoms with Crippen LogP contribution in [-0.2, 0) is 19.4 Å². The fourth-order valence-corrected chi connectivity index (χ4v) is 2.73. The molecular weight excluding hydrogens is 215 g/mol. The number of aryl methyl sites for hydroxylation is 1. The fraction of sp³-hybridized carbons (Fsp3) is 0.357. The zero-order valence-corrected chi connectivity index (χ0v) is 9.67. The fourth-order valence-electron chi connectivity index (χ4n) is 2.73. The van der Waals surface area contributed by atoms with Gasteiger partial charge in [0.05, 0.1) is 5.52 Å². The van der Waals surface area contributed by atoms with Crippen molar-refractivity contribution in [2.75, 3.05) is 0 Å². The lowest BCUT2D eigenvalue weighted by molar-refractivity contribution is 0.628. The number of nitrogens with zero attached hydrogens (tertiary/aromatic N) is 1. The van der Waals surface area contributed by atoms with Gasteiger partial charge in [-0.3, -0.25) is 4.98 Å². The normalized spacial score (nSPS) is 14.9. The summed E-state index contributed by atoms with van der Waals surface area (Å²) in [4.78, 5) is 4.64. The molecule has 0 saturated heterocycles. The molecule has 1 aromatic carbocycles. The molecule has 1 aromatic heterocycles. The first-order valence-electron chi connectivity index (χ1n) is 6.09. The summed E-state index contributed by atoms with van der Waals surface area (Å²) in [6, 6.07) is 4.77. The molecule has 0 amide bonds. The molecule has 0 saturated carbocycles. The van der Waals surface area contributed by atoms with Crippen molar-refractivity contribution in [1.82, 2.24) is 4.98 Å². The van der Waals surface area contributed by atoms with Gasteiger partial charge in [0.15, 0.2) is 0 Å². The topological polar surface area (TPSA) is 38.9 Å². The second-order valence-electron chi connectivity index (χ2n) is 4.59. The van der Waals surface area contributed by atoms with E-state index in [1.165, 1.54) is 24.5 Å². The SMILES string of the molecule is NCc1c2c(nc3ccc(F)cc13)CCCC2. The summed E-state index contributed by atoms with van der Waals surface area (Å²) >= 11 is 0. The Morgan fingerprint density at radius 3 is 2.88 bits per heavy atom. The average Bonchev–Trinajstić information content (AvgIpc) is 2.36. The van der Waals surface area contributed by atoms with Crippen LogP contribution in [0.5, 0.6) is 0 Å². The number of hydrogen-bond donors (Lipinski definition) is 1. The largest absolute Gasteiger partial charge is 0.326 e. The van der Waals surface area contributed by atoms with Crippen molar-refractivity contribution in [3.63, 3.8) is 0 Å². The van der Waals surface area contributed by atoms with Crippen LogP contribution in [-0.4, -0.2) is 4.98 Å². The van der Waals surface area contributed by atoms with Crippen LogP contribution < -0.4 is 5.73 Å². The maximum Gasteiger partial charge on any atom is 0.123 e. The number of aromatic nitrogens is 1. The van der Waals surface area contributed by atoms with Gasteiger partial charge >= 0.3 is 0 Å². The number of nitrogens with two attached hydrogens (primary N) is 1. The Balaban J connectivity index is 2.35. The highest BCUT2D eigenvalue weighted by molar-refractivity contribution is 5.84. The van der Waals surface area contributed by atoms with E-state index in [2.05, 4.69) is 4.98 Å². The third-order valence-electron chi connectivity index (χ3n) is 3.55. The first kappa shape index (κ1) is 10.7. The van der Waals surface area contributed by atoms with Crippen LogP contribution in [0.4, 0.5) is 4.39 Å². The van der Waals surface area contributed by atoms with Crippen molar-refractivity contribution in [2.24, 2.45) is 5.73 Å². The van der Waals surface area contributed by atoms with Gasteiger partial charge in [-0.25, -0.2) is 4.39 Å². The van der Waals surface area contributed by atoms with Gasteiger partial charge in [0.25, 0.3) is 0 Å². The van der Waals surface area contributed by atoms with E-state index in [1.807, 2.05) is 0 Å². The Morgan fingerprint density at radius 2 is 2.06 bits per heavy atom. The molecule has 0 fully saturated rings. The van der Waals surface area contributed by atoms with E-state index in [4.69, 9.17) is 5.73 Å². The molecule has 88 valence electrons. The molecule has 1 aliphatic rings. The van der Waals surface area contributed by atoms with Crippen molar-refractivity contribution < 1.29 is 4.39 Å². The van der Waals surface area contributed by atoms with Crippen molar-refractivity contribution in [1.29, 1.82) is 0 Å². The highest BCUT2D eigenvalue weighted by Crippen LogP contribution is 2.29. The number of benzene rings is 1. The summed E-state index contributed by atoms with van der Waals surface area (Å²) in [5, 5.41) is 0.883. The molecule has 1 heterocycles. The molecule has 1 aliphatic carbocycles. The van der Waals surface area contributed by atoms with Crippen molar-refractivity contribution in [2.45, 2.75) is 32.2 Å². The van der Waals surface area contributed by atoms with Gasteiger partial charge in [-0.2, -0.15) is 0 Å². The maximum absolute atomic E-state index is 13.3. The van der Waals surface area contributed by atoms with Crippen LogP contribution in [0.1, 0.15) is 29.7 Å². The zero-order chi connectivity index (χ0) is 11.8. The Labute approximate surface area is 99.7 Å². The van der Waals surface area contributed by atoms with E-state index in [0.29, 0.717) is 6.54 Å². The molecule has 0 radical (unpaired) electrons. The second kappa shape index (κ2) is 4.08. The summed E-state index contributed by atoms with van der Waals surface area (Å²) in [6.45, 7) is 0.463. The monoisotopic (exact) mass is 230 g/mol. The van der Waals surface area contributed by atoms with Gasteiger partial charge in [0.2, 0.25) is 0 Å². The number of halogens is 1. The molecular formula is C14H15FN2. The van der Waals surface area contributed by atoms with Crippen LogP contribution in [0, 0.1) is 5.82 Å². The predicted octanol–water partition coefficient (Wildman–Crippen LogP) is 2.71. The Hall–Kier alpha value is -1.48. The first-order chi connectivity index (χ1) is 8.29. The van der Waals surface area contributed by atoms with Gasteiger partial charge in [-0.15, -0.1) is 0 Å². The highest BCUT2D eigenvalue weighted by Gasteiger charge is 2.17. The minimum atomic E-state index is -0.218. The molecule has 0 atom stereocenters. The Bertz CT molecular complexity index is 578. The number of rotatable bonds is 1. The Morgan fingerprint density at radius 1 is 1.24 bits per heavy atom. The Kier molecular flexibility index (Phi) is 2.56. The minimum absolute atomic E-state index is 0.218. The van der Waals surface area contributed by atoms with Gasteiger partial charge in [0.1, 0.15) is 5.82 Å². The molecule has 17 heavy (non-hydrogen) atoms. The van der Waals surface area contributed by atoms with Crippen molar-refractivity contribution in [3.8, 4) is 0 Å². The summed E-state index contributed by atoms with van der Waals surface area (Å²) in [6.07, 6.45) is 4.43. The van der Waals surface area contributed by atoms with Crippen LogP contribution in [0.15, 0.2) is 18.2 Å². The lowest BCUT2D eigenvalue weighted by Crippen LogP contribution is -2.12. The van der Waals surface area contributed by atoms with E-state index < -0.39 is 0 Å².